The summed E-state index contributed by atoms with van der Waals surface area (Å²) in [5.41, 5.74) is 6.53. The van der Waals surface area contributed by atoms with Crippen molar-refractivity contribution in [2.75, 3.05) is 33.3 Å². The van der Waals surface area contributed by atoms with Crippen molar-refractivity contribution in [3.05, 3.63) is 29.8 Å². The predicted octanol–water partition coefficient (Wildman–Crippen LogP) is 1.53. The Hall–Kier alpha value is -1.79. The van der Waals surface area contributed by atoms with Crippen LogP contribution in [0.4, 0.5) is 0 Å². The quantitative estimate of drug-likeness (QED) is 0.879. The highest BCUT2D eigenvalue weighted by atomic mass is 35.5. The van der Waals surface area contributed by atoms with E-state index in [4.69, 9.17) is 10.5 Å². The number of carbonyl (C=O) groups is 2. The summed E-state index contributed by atoms with van der Waals surface area (Å²) in [5.74, 6) is 0.938. The van der Waals surface area contributed by atoms with Gasteiger partial charge in [-0.05, 0) is 37.5 Å². The van der Waals surface area contributed by atoms with Gasteiger partial charge in [-0.25, -0.2) is 0 Å². The monoisotopic (exact) mass is 367 g/mol. The summed E-state index contributed by atoms with van der Waals surface area (Å²) in [6.45, 7) is 2.33. The number of ether oxygens (including phenoxy) is 1. The molecular formula is C18H26ClN3O3. The number of rotatable bonds is 3. The van der Waals surface area contributed by atoms with Crippen LogP contribution in [0.15, 0.2) is 24.3 Å². The van der Waals surface area contributed by atoms with Gasteiger partial charge in [0.25, 0.3) is 5.91 Å². The molecule has 138 valence electrons. The lowest BCUT2D eigenvalue weighted by Gasteiger charge is -2.36. The van der Waals surface area contributed by atoms with Gasteiger partial charge in [0.2, 0.25) is 5.91 Å². The molecule has 7 heteroatoms. The van der Waals surface area contributed by atoms with E-state index >= 15 is 0 Å². The first kappa shape index (κ1) is 19.5. The molecule has 2 unspecified atom stereocenters. The Balaban J connectivity index is 0.00000225. The number of nitrogens with two attached hydrogens (primary N) is 1. The van der Waals surface area contributed by atoms with Crippen LogP contribution < -0.4 is 10.5 Å². The molecule has 2 atom stereocenters. The summed E-state index contributed by atoms with van der Waals surface area (Å²) in [6.07, 6.45) is 2.62. The number of hydrogen-bond acceptors (Lipinski definition) is 4. The van der Waals surface area contributed by atoms with Crippen molar-refractivity contribution in [2.24, 2.45) is 11.7 Å². The van der Waals surface area contributed by atoms with Crippen molar-refractivity contribution in [3.8, 4) is 5.75 Å². The maximum absolute atomic E-state index is 12.6. The van der Waals surface area contributed by atoms with Gasteiger partial charge < -0.3 is 20.3 Å². The molecule has 1 aromatic rings. The number of carbonyl (C=O) groups excluding carboxylic acids is 2. The maximum Gasteiger partial charge on any atom is 0.254 e. The molecule has 0 bridgehead atoms. The predicted molar refractivity (Wildman–Crippen MR) is 98.0 cm³/mol. The third-order valence-corrected chi connectivity index (χ3v) is 5.02. The van der Waals surface area contributed by atoms with Crippen LogP contribution in [0.1, 0.15) is 29.6 Å². The summed E-state index contributed by atoms with van der Waals surface area (Å²) in [7, 11) is 1.59. The van der Waals surface area contributed by atoms with E-state index in [-0.39, 0.29) is 36.2 Å². The zero-order valence-corrected chi connectivity index (χ0v) is 15.3. The second kappa shape index (κ2) is 8.54. The molecule has 1 saturated heterocycles. The lowest BCUT2D eigenvalue weighted by molar-refractivity contribution is -0.136. The van der Waals surface area contributed by atoms with E-state index in [9.17, 15) is 9.59 Å². The second-order valence-electron chi connectivity index (χ2n) is 6.62. The second-order valence-corrected chi connectivity index (χ2v) is 6.62. The van der Waals surface area contributed by atoms with Gasteiger partial charge in [-0.15, -0.1) is 12.4 Å². The van der Waals surface area contributed by atoms with Crippen LogP contribution in [0.5, 0.6) is 5.75 Å². The van der Waals surface area contributed by atoms with Crippen molar-refractivity contribution in [1.29, 1.82) is 0 Å². The van der Waals surface area contributed by atoms with Crippen LogP contribution >= 0.6 is 12.4 Å². The smallest absolute Gasteiger partial charge is 0.254 e. The number of hydrogen-bond donors (Lipinski definition) is 1. The minimum Gasteiger partial charge on any atom is -0.497 e. The largest absolute Gasteiger partial charge is 0.497 e. The minimum atomic E-state index is -0.0103. The van der Waals surface area contributed by atoms with E-state index in [0.717, 1.165) is 19.3 Å². The summed E-state index contributed by atoms with van der Waals surface area (Å²) in [5, 5.41) is 0. The zero-order chi connectivity index (χ0) is 17.1. The van der Waals surface area contributed by atoms with Crippen LogP contribution in [-0.4, -0.2) is 60.9 Å². The third kappa shape index (κ3) is 4.44. The number of nitrogens with zero attached hydrogens (tertiary/aromatic N) is 2. The van der Waals surface area contributed by atoms with Gasteiger partial charge in [0.15, 0.2) is 0 Å². The maximum atomic E-state index is 12.6. The number of methoxy groups -OCH3 is 1. The Bertz CT molecular complexity index is 617. The molecule has 1 aliphatic heterocycles. The molecule has 2 fully saturated rings. The Kier molecular flexibility index (Phi) is 6.67. The van der Waals surface area contributed by atoms with Gasteiger partial charge in [0, 0.05) is 43.7 Å². The Morgan fingerprint density at radius 1 is 1.12 bits per heavy atom. The van der Waals surface area contributed by atoms with Gasteiger partial charge in [-0.1, -0.05) is 6.07 Å². The first-order chi connectivity index (χ1) is 11.6. The van der Waals surface area contributed by atoms with E-state index in [1.54, 1.807) is 24.1 Å². The van der Waals surface area contributed by atoms with Crippen molar-refractivity contribution >= 4 is 24.2 Å². The van der Waals surface area contributed by atoms with Crippen LogP contribution in [0, 0.1) is 5.92 Å². The van der Waals surface area contributed by atoms with E-state index < -0.39 is 0 Å². The molecular weight excluding hydrogens is 342 g/mol. The van der Waals surface area contributed by atoms with Crippen LogP contribution in [0.25, 0.3) is 0 Å². The van der Waals surface area contributed by atoms with Gasteiger partial charge in [0.05, 0.1) is 7.11 Å². The Morgan fingerprint density at radius 3 is 2.40 bits per heavy atom. The fourth-order valence-corrected chi connectivity index (χ4v) is 3.57. The van der Waals surface area contributed by atoms with Crippen molar-refractivity contribution in [2.45, 2.75) is 25.3 Å². The van der Waals surface area contributed by atoms with Crippen LogP contribution in [0.2, 0.25) is 0 Å². The van der Waals surface area contributed by atoms with Crippen LogP contribution in [-0.2, 0) is 4.79 Å². The Morgan fingerprint density at radius 2 is 1.80 bits per heavy atom. The molecule has 2 amide bonds. The standard InChI is InChI=1S/C18H25N3O3.ClH/c1-24-16-4-2-3-13(12-16)17(22)20-7-9-21(10-8-20)18(23)14-5-6-15(19)11-14;/h2-4,12,14-15H,5-11,19H2,1H3;1H. The van der Waals surface area contributed by atoms with Gasteiger partial charge in [-0.3, -0.25) is 9.59 Å². The fourth-order valence-electron chi connectivity index (χ4n) is 3.57. The Labute approximate surface area is 154 Å². The molecule has 6 nitrogen and oxygen atoms in total. The molecule has 0 aromatic heterocycles. The first-order valence-electron chi connectivity index (χ1n) is 8.56. The molecule has 3 rings (SSSR count). The molecule has 1 saturated carbocycles. The average molecular weight is 368 g/mol. The number of benzene rings is 1. The summed E-state index contributed by atoms with van der Waals surface area (Å²) >= 11 is 0. The summed E-state index contributed by atoms with van der Waals surface area (Å²) < 4.78 is 5.17. The van der Waals surface area contributed by atoms with Crippen LogP contribution in [0.3, 0.4) is 0 Å². The zero-order valence-electron chi connectivity index (χ0n) is 14.5. The lowest BCUT2D eigenvalue weighted by Crippen LogP contribution is -2.51. The number of halogens is 1. The highest BCUT2D eigenvalue weighted by molar-refractivity contribution is 5.94. The van der Waals surface area contributed by atoms with Crippen molar-refractivity contribution in [3.63, 3.8) is 0 Å². The first-order valence-corrected chi connectivity index (χ1v) is 8.56. The summed E-state index contributed by atoms with van der Waals surface area (Å²) in [4.78, 5) is 28.8. The fraction of sp³-hybridized carbons (Fsp3) is 0.556. The number of piperazine rings is 1. The average Bonchev–Trinajstić information content (AvgIpc) is 3.07. The molecule has 2 aliphatic rings. The SMILES string of the molecule is COc1cccc(C(=O)N2CCN(C(=O)C3CCC(N)C3)CC2)c1.Cl. The van der Waals surface area contributed by atoms with Gasteiger partial charge >= 0.3 is 0 Å². The number of amides is 2. The molecule has 1 aliphatic carbocycles. The third-order valence-electron chi connectivity index (χ3n) is 5.02. The van der Waals surface area contributed by atoms with E-state index in [1.165, 1.54) is 0 Å². The molecule has 25 heavy (non-hydrogen) atoms. The van der Waals surface area contributed by atoms with E-state index in [2.05, 4.69) is 0 Å². The highest BCUT2D eigenvalue weighted by Gasteiger charge is 2.33. The minimum absolute atomic E-state index is 0. The molecule has 0 spiro atoms. The summed E-state index contributed by atoms with van der Waals surface area (Å²) in [6, 6.07) is 7.34. The highest BCUT2D eigenvalue weighted by Crippen LogP contribution is 2.26. The molecule has 0 radical (unpaired) electrons. The topological polar surface area (TPSA) is 75.9 Å². The van der Waals surface area contributed by atoms with E-state index in [0.29, 0.717) is 37.5 Å². The van der Waals surface area contributed by atoms with Crippen molar-refractivity contribution < 1.29 is 14.3 Å². The van der Waals surface area contributed by atoms with E-state index in [1.807, 2.05) is 17.0 Å². The molecule has 2 N–H and O–H groups in total. The molecule has 1 heterocycles. The lowest BCUT2D eigenvalue weighted by atomic mass is 10.1. The normalized spacial score (nSPS) is 23.1. The molecule has 1 aromatic carbocycles. The van der Waals surface area contributed by atoms with Gasteiger partial charge in [-0.2, -0.15) is 0 Å². The van der Waals surface area contributed by atoms with Crippen molar-refractivity contribution in [1.82, 2.24) is 9.80 Å². The van der Waals surface area contributed by atoms with Gasteiger partial charge in [0.1, 0.15) is 5.75 Å².